The van der Waals surface area contributed by atoms with Crippen LogP contribution in [0.1, 0.15) is 111 Å². The van der Waals surface area contributed by atoms with Crippen LogP contribution in [0, 0.1) is 5.92 Å². The van der Waals surface area contributed by atoms with E-state index in [4.69, 9.17) is 4.74 Å². The van der Waals surface area contributed by atoms with Gasteiger partial charge in [0.1, 0.15) is 5.78 Å². The van der Waals surface area contributed by atoms with Crippen molar-refractivity contribution in [1.29, 1.82) is 0 Å². The van der Waals surface area contributed by atoms with E-state index in [0.717, 1.165) is 38.5 Å². The van der Waals surface area contributed by atoms with Crippen molar-refractivity contribution in [1.82, 2.24) is 0 Å². The van der Waals surface area contributed by atoms with Gasteiger partial charge in [-0.25, -0.2) is 0 Å². The molecule has 0 saturated carbocycles. The molecule has 1 unspecified atom stereocenters. The highest BCUT2D eigenvalue weighted by Crippen LogP contribution is 2.15. The van der Waals surface area contributed by atoms with Gasteiger partial charge >= 0.3 is 5.97 Å². The predicted octanol–water partition coefficient (Wildman–Crippen LogP) is 6.24. The maximum Gasteiger partial charge on any atom is 0.308 e. The molecule has 0 aromatic carbocycles. The van der Waals surface area contributed by atoms with Crippen molar-refractivity contribution in [3.8, 4) is 0 Å². The maximum absolute atomic E-state index is 11.5. The van der Waals surface area contributed by atoms with Crippen LogP contribution < -0.4 is 0 Å². The number of unbranched alkanes of at least 4 members (excludes halogenated alkanes) is 9. The van der Waals surface area contributed by atoms with Crippen molar-refractivity contribution in [3.05, 3.63) is 0 Å². The minimum atomic E-state index is -0.0473. The Balaban J connectivity index is 3.23. The van der Waals surface area contributed by atoms with Gasteiger partial charge in [-0.2, -0.15) is 0 Å². The fourth-order valence-electron chi connectivity index (χ4n) is 2.99. The average Bonchev–Trinajstić information content (AvgIpc) is 2.56. The number of carbonyl (C=O) groups excluding carboxylic acids is 2. The van der Waals surface area contributed by atoms with E-state index in [1.54, 1.807) is 0 Å². The third-order valence-electron chi connectivity index (χ3n) is 4.56. The molecule has 24 heavy (non-hydrogen) atoms. The zero-order chi connectivity index (χ0) is 18.0. The molecule has 3 heteroatoms. The van der Waals surface area contributed by atoms with Crippen molar-refractivity contribution < 1.29 is 14.3 Å². The summed E-state index contributed by atoms with van der Waals surface area (Å²) in [6.45, 7) is 6.38. The number of ketones is 1. The van der Waals surface area contributed by atoms with E-state index < -0.39 is 0 Å². The molecule has 1 atom stereocenters. The number of ether oxygens (including phenoxy) is 1. The Morgan fingerprint density at radius 1 is 0.750 bits per heavy atom. The van der Waals surface area contributed by atoms with E-state index in [0.29, 0.717) is 12.4 Å². The predicted molar refractivity (Wildman–Crippen MR) is 101 cm³/mol. The van der Waals surface area contributed by atoms with Gasteiger partial charge in [0.2, 0.25) is 0 Å². The Morgan fingerprint density at radius 3 is 1.75 bits per heavy atom. The largest absolute Gasteiger partial charge is 0.466 e. The van der Waals surface area contributed by atoms with Gasteiger partial charge < -0.3 is 4.74 Å². The summed E-state index contributed by atoms with van der Waals surface area (Å²) < 4.78 is 5.02. The molecule has 0 N–H and O–H groups in total. The summed E-state index contributed by atoms with van der Waals surface area (Å²) in [5.41, 5.74) is 0. The van der Waals surface area contributed by atoms with Crippen LogP contribution in [0.15, 0.2) is 0 Å². The van der Waals surface area contributed by atoms with Gasteiger partial charge in [0.25, 0.3) is 0 Å². The minimum Gasteiger partial charge on any atom is -0.466 e. The average molecular weight is 341 g/mol. The summed E-state index contributed by atoms with van der Waals surface area (Å²) in [4.78, 5) is 22.9. The highest BCUT2D eigenvalue weighted by atomic mass is 16.5. The van der Waals surface area contributed by atoms with Gasteiger partial charge in [-0.05, 0) is 26.2 Å². The second-order valence-electron chi connectivity index (χ2n) is 7.02. The minimum absolute atomic E-state index is 0.0473. The summed E-state index contributed by atoms with van der Waals surface area (Å²) in [7, 11) is 0. The second-order valence-corrected chi connectivity index (χ2v) is 7.02. The van der Waals surface area contributed by atoms with E-state index in [1.165, 1.54) is 51.4 Å². The normalized spacial score (nSPS) is 12.1. The van der Waals surface area contributed by atoms with E-state index in [2.05, 4.69) is 6.92 Å². The van der Waals surface area contributed by atoms with Crippen LogP contribution in [-0.4, -0.2) is 18.4 Å². The van der Waals surface area contributed by atoms with Crippen molar-refractivity contribution in [2.24, 2.45) is 5.92 Å². The molecule has 3 nitrogen and oxygen atoms in total. The lowest BCUT2D eigenvalue weighted by Crippen LogP contribution is -2.14. The fraction of sp³-hybridized carbons (Fsp3) is 0.905. The van der Waals surface area contributed by atoms with Crippen molar-refractivity contribution in [2.45, 2.75) is 111 Å². The fourth-order valence-corrected chi connectivity index (χ4v) is 2.99. The standard InChI is InChI=1S/C21H40O3/c1-4-16-20(22)18-15-13-11-9-7-6-8-10-12-14-17-19(3)21(23)24-5-2/h19H,4-18H2,1-3H3. The Bertz CT molecular complexity index is 312. The van der Waals surface area contributed by atoms with Crippen LogP contribution >= 0.6 is 0 Å². The lowest BCUT2D eigenvalue weighted by atomic mass is 10.0. The Morgan fingerprint density at radius 2 is 1.25 bits per heavy atom. The summed E-state index contributed by atoms with van der Waals surface area (Å²) in [5, 5.41) is 0. The molecule has 0 amide bonds. The van der Waals surface area contributed by atoms with Crippen LogP contribution in [-0.2, 0) is 14.3 Å². The van der Waals surface area contributed by atoms with Crippen molar-refractivity contribution in [3.63, 3.8) is 0 Å². The van der Waals surface area contributed by atoms with Crippen LogP contribution in [0.5, 0.6) is 0 Å². The molecule has 0 radical (unpaired) electrons. The molecule has 0 rings (SSSR count). The zero-order valence-electron chi connectivity index (χ0n) is 16.4. The molecular formula is C21H40O3. The first kappa shape index (κ1) is 23.1. The van der Waals surface area contributed by atoms with E-state index in [9.17, 15) is 9.59 Å². The summed E-state index contributed by atoms with van der Waals surface area (Å²) in [5.74, 6) is 0.442. The van der Waals surface area contributed by atoms with E-state index in [-0.39, 0.29) is 11.9 Å². The molecule has 0 saturated heterocycles. The molecule has 0 aliphatic heterocycles. The SMILES string of the molecule is CCCC(=O)CCCCCCCCCCCCC(C)C(=O)OCC. The molecule has 0 heterocycles. The lowest BCUT2D eigenvalue weighted by molar-refractivity contribution is -0.147. The molecule has 0 aromatic heterocycles. The van der Waals surface area contributed by atoms with Crippen LogP contribution in [0.4, 0.5) is 0 Å². The smallest absolute Gasteiger partial charge is 0.308 e. The first-order valence-electron chi connectivity index (χ1n) is 10.3. The number of hydrogen-bond donors (Lipinski definition) is 0. The van der Waals surface area contributed by atoms with Gasteiger partial charge in [-0.15, -0.1) is 0 Å². The first-order chi connectivity index (χ1) is 11.6. The van der Waals surface area contributed by atoms with Gasteiger partial charge in [-0.1, -0.05) is 71.6 Å². The van der Waals surface area contributed by atoms with Crippen LogP contribution in [0.2, 0.25) is 0 Å². The number of hydrogen-bond acceptors (Lipinski definition) is 3. The van der Waals surface area contributed by atoms with Gasteiger partial charge in [0.15, 0.2) is 0 Å². The molecular weight excluding hydrogens is 300 g/mol. The van der Waals surface area contributed by atoms with Crippen LogP contribution in [0.25, 0.3) is 0 Å². The molecule has 0 fully saturated rings. The van der Waals surface area contributed by atoms with Crippen molar-refractivity contribution in [2.75, 3.05) is 6.61 Å². The quantitative estimate of drug-likeness (QED) is 0.233. The Hall–Kier alpha value is -0.860. The monoisotopic (exact) mass is 340 g/mol. The second kappa shape index (κ2) is 17.0. The third kappa shape index (κ3) is 14.7. The maximum atomic E-state index is 11.5. The highest BCUT2D eigenvalue weighted by molar-refractivity contribution is 5.78. The zero-order valence-corrected chi connectivity index (χ0v) is 16.4. The molecule has 0 aliphatic rings. The highest BCUT2D eigenvalue weighted by Gasteiger charge is 2.12. The molecule has 0 aromatic rings. The topological polar surface area (TPSA) is 43.4 Å². The summed E-state index contributed by atoms with van der Waals surface area (Å²) >= 11 is 0. The third-order valence-corrected chi connectivity index (χ3v) is 4.56. The number of Topliss-reactive ketones (excluding diaryl/α,β-unsaturated/α-hetero) is 1. The molecule has 0 aliphatic carbocycles. The number of carbonyl (C=O) groups is 2. The lowest BCUT2D eigenvalue weighted by Gasteiger charge is -2.09. The Labute approximate surface area is 149 Å². The van der Waals surface area contributed by atoms with Gasteiger partial charge in [-0.3, -0.25) is 9.59 Å². The Kier molecular flexibility index (Phi) is 16.4. The number of esters is 1. The first-order valence-corrected chi connectivity index (χ1v) is 10.3. The summed E-state index contributed by atoms with van der Waals surface area (Å²) in [6.07, 6.45) is 16.0. The van der Waals surface area contributed by atoms with Crippen LogP contribution in [0.3, 0.4) is 0 Å². The number of rotatable bonds is 17. The molecule has 0 spiro atoms. The van der Waals surface area contributed by atoms with Gasteiger partial charge in [0.05, 0.1) is 12.5 Å². The molecule has 142 valence electrons. The van der Waals surface area contributed by atoms with Crippen molar-refractivity contribution >= 4 is 11.8 Å². The summed E-state index contributed by atoms with van der Waals surface area (Å²) in [6, 6.07) is 0. The van der Waals surface area contributed by atoms with E-state index >= 15 is 0 Å². The van der Waals surface area contributed by atoms with E-state index in [1.807, 2.05) is 13.8 Å². The molecule has 0 bridgehead atoms. The van der Waals surface area contributed by atoms with Gasteiger partial charge in [0, 0.05) is 12.8 Å².